The smallest absolute Gasteiger partial charge is 0.475 e. The third kappa shape index (κ3) is 4.08. The van der Waals surface area contributed by atoms with Crippen LogP contribution < -0.4 is 5.32 Å². The maximum atomic E-state index is 13.4. The number of oxazole rings is 1. The third-order valence-electron chi connectivity index (χ3n) is 4.94. The number of nitrogens with one attached hydrogen (secondary N) is 1. The summed E-state index contributed by atoms with van der Waals surface area (Å²) in [6.07, 6.45) is -5.08. The van der Waals surface area contributed by atoms with E-state index in [9.17, 15) is 17.6 Å². The van der Waals surface area contributed by atoms with Crippen molar-refractivity contribution in [1.82, 2.24) is 19.4 Å². The second-order valence-electron chi connectivity index (χ2n) is 7.30. The summed E-state index contributed by atoms with van der Waals surface area (Å²) >= 11 is 0. The number of nitrogens with zero attached hydrogens (tertiary/aromatic N) is 4. The van der Waals surface area contributed by atoms with Crippen molar-refractivity contribution in [2.45, 2.75) is 19.3 Å². The van der Waals surface area contributed by atoms with Crippen LogP contribution in [0.4, 0.5) is 29.5 Å². The van der Waals surface area contributed by atoms with Gasteiger partial charge in [0.15, 0.2) is 5.58 Å². The van der Waals surface area contributed by atoms with E-state index in [-0.39, 0.29) is 5.82 Å². The number of rotatable bonds is 2. The van der Waals surface area contributed by atoms with Gasteiger partial charge >= 0.3 is 18.2 Å². The largest absolute Gasteiger partial charge is 0.490 e. The van der Waals surface area contributed by atoms with E-state index in [0.717, 1.165) is 29.7 Å². The predicted octanol–water partition coefficient (Wildman–Crippen LogP) is 4.18. The molecule has 4 aromatic rings. The van der Waals surface area contributed by atoms with Crippen LogP contribution in [0, 0.1) is 5.82 Å². The number of imidazole rings is 1. The zero-order chi connectivity index (χ0) is 23.2. The van der Waals surface area contributed by atoms with Gasteiger partial charge in [-0.3, -0.25) is 10.2 Å². The van der Waals surface area contributed by atoms with Gasteiger partial charge in [-0.15, -0.1) is 0 Å². The molecule has 168 valence electrons. The molecule has 1 aliphatic rings. The minimum Gasteiger partial charge on any atom is -0.475 e. The number of aryl methyl sites for hydroxylation is 1. The third-order valence-corrected chi connectivity index (χ3v) is 4.94. The summed E-state index contributed by atoms with van der Waals surface area (Å²) < 4.78 is 52.8. The standard InChI is InChI=1S/C18H16FN5O.C2HF3O2/c1-23-8-10-3-6-15-16(12(10)9-23)21-18(25-15)22-17-20-13-7-11(19)4-5-14(13)24(17)2;3-2(4,5)1(6)7/h3-7H,8-9H2,1-2H3,(H,20,21,22);(H,6,7). The maximum Gasteiger partial charge on any atom is 0.490 e. The lowest BCUT2D eigenvalue weighted by Crippen LogP contribution is -2.21. The van der Waals surface area contributed by atoms with Gasteiger partial charge in [0.2, 0.25) is 5.95 Å². The fourth-order valence-corrected chi connectivity index (χ4v) is 3.47. The molecular formula is C20H17F4N5O3. The molecule has 32 heavy (non-hydrogen) atoms. The number of alkyl halides is 3. The fraction of sp³-hybridized carbons (Fsp3) is 0.250. The number of carboxylic acids is 1. The summed E-state index contributed by atoms with van der Waals surface area (Å²) in [5.41, 5.74) is 5.55. The normalized spacial score (nSPS) is 13.8. The molecule has 0 saturated carbocycles. The molecule has 0 spiro atoms. The van der Waals surface area contributed by atoms with E-state index in [4.69, 9.17) is 14.3 Å². The molecule has 0 aliphatic carbocycles. The number of aliphatic carboxylic acids is 1. The highest BCUT2D eigenvalue weighted by molar-refractivity contribution is 5.82. The summed E-state index contributed by atoms with van der Waals surface area (Å²) in [5, 5.41) is 10.2. The second-order valence-corrected chi connectivity index (χ2v) is 7.30. The van der Waals surface area contributed by atoms with Crippen molar-refractivity contribution in [3.63, 3.8) is 0 Å². The first-order valence-corrected chi connectivity index (χ1v) is 9.32. The molecule has 1 aliphatic heterocycles. The highest BCUT2D eigenvalue weighted by atomic mass is 19.4. The van der Waals surface area contributed by atoms with Gasteiger partial charge < -0.3 is 14.1 Å². The molecule has 3 heterocycles. The lowest BCUT2D eigenvalue weighted by Gasteiger charge is -2.02. The van der Waals surface area contributed by atoms with Gasteiger partial charge in [0.25, 0.3) is 0 Å². The van der Waals surface area contributed by atoms with Gasteiger partial charge in [-0.25, -0.2) is 14.2 Å². The number of fused-ring (bicyclic) bond motifs is 4. The van der Waals surface area contributed by atoms with Crippen molar-refractivity contribution in [1.29, 1.82) is 0 Å². The van der Waals surface area contributed by atoms with E-state index in [1.165, 1.54) is 23.3 Å². The Labute approximate surface area is 178 Å². The molecule has 0 unspecified atom stereocenters. The number of hydrogen-bond acceptors (Lipinski definition) is 6. The number of carboxylic acid groups (broad SMARTS) is 1. The van der Waals surface area contributed by atoms with E-state index in [2.05, 4.69) is 33.3 Å². The number of halogens is 4. The molecule has 2 N–H and O–H groups in total. The first-order valence-electron chi connectivity index (χ1n) is 9.32. The predicted molar refractivity (Wildman–Crippen MR) is 107 cm³/mol. The van der Waals surface area contributed by atoms with Crippen molar-refractivity contribution in [2.75, 3.05) is 12.4 Å². The quantitative estimate of drug-likeness (QED) is 0.442. The zero-order valence-corrected chi connectivity index (χ0v) is 16.9. The monoisotopic (exact) mass is 451 g/mol. The maximum absolute atomic E-state index is 13.4. The van der Waals surface area contributed by atoms with Crippen LogP contribution in [0.2, 0.25) is 0 Å². The molecule has 12 heteroatoms. The Morgan fingerprint density at radius 1 is 1.16 bits per heavy atom. The average Bonchev–Trinajstić information content (AvgIpc) is 3.36. The van der Waals surface area contributed by atoms with Crippen LogP contribution in [0.5, 0.6) is 0 Å². The molecule has 8 nitrogen and oxygen atoms in total. The van der Waals surface area contributed by atoms with Gasteiger partial charge in [-0.1, -0.05) is 6.07 Å². The molecule has 0 fully saturated rings. The van der Waals surface area contributed by atoms with Gasteiger partial charge in [-0.05, 0) is 30.8 Å². The lowest BCUT2D eigenvalue weighted by atomic mass is 10.1. The summed E-state index contributed by atoms with van der Waals surface area (Å²) in [7, 11) is 3.95. The summed E-state index contributed by atoms with van der Waals surface area (Å²) in [5.74, 6) is -2.51. The van der Waals surface area contributed by atoms with Crippen LogP contribution in [-0.2, 0) is 24.9 Å². The van der Waals surface area contributed by atoms with Gasteiger partial charge in [-0.2, -0.15) is 18.2 Å². The number of carbonyl (C=O) groups is 1. The molecule has 0 atom stereocenters. The Kier molecular flexibility index (Phi) is 5.25. The number of aromatic nitrogens is 3. The Balaban J connectivity index is 0.000000307. The molecule has 2 aromatic heterocycles. The van der Waals surface area contributed by atoms with Crippen molar-refractivity contribution in [2.24, 2.45) is 7.05 Å². The molecule has 0 radical (unpaired) electrons. The molecule has 0 amide bonds. The van der Waals surface area contributed by atoms with Gasteiger partial charge in [0, 0.05) is 31.8 Å². The zero-order valence-electron chi connectivity index (χ0n) is 16.9. The summed E-state index contributed by atoms with van der Waals surface area (Å²) in [4.78, 5) is 20.2. The van der Waals surface area contributed by atoms with E-state index in [1.54, 1.807) is 6.07 Å². The highest BCUT2D eigenvalue weighted by Crippen LogP contribution is 2.32. The Morgan fingerprint density at radius 3 is 2.56 bits per heavy atom. The minimum atomic E-state index is -5.08. The molecule has 5 rings (SSSR count). The molecule has 2 aromatic carbocycles. The molecular weight excluding hydrogens is 434 g/mol. The van der Waals surface area contributed by atoms with Crippen molar-refractivity contribution in [3.05, 3.63) is 47.3 Å². The summed E-state index contributed by atoms with van der Waals surface area (Å²) in [6.45, 7) is 1.79. The Morgan fingerprint density at radius 2 is 1.88 bits per heavy atom. The van der Waals surface area contributed by atoms with Crippen LogP contribution in [0.25, 0.3) is 22.1 Å². The van der Waals surface area contributed by atoms with Gasteiger partial charge in [0.1, 0.15) is 11.3 Å². The molecule has 0 bridgehead atoms. The number of anilines is 2. The van der Waals surface area contributed by atoms with Crippen LogP contribution in [0.3, 0.4) is 0 Å². The lowest BCUT2D eigenvalue weighted by molar-refractivity contribution is -0.192. The van der Waals surface area contributed by atoms with Crippen molar-refractivity contribution >= 4 is 40.1 Å². The highest BCUT2D eigenvalue weighted by Gasteiger charge is 2.38. The van der Waals surface area contributed by atoms with Gasteiger partial charge in [0.05, 0.1) is 11.0 Å². The topological polar surface area (TPSA) is 96.4 Å². The van der Waals surface area contributed by atoms with Crippen molar-refractivity contribution in [3.8, 4) is 0 Å². The number of benzene rings is 2. The summed E-state index contributed by atoms with van der Waals surface area (Å²) in [6, 6.07) is 8.97. The first kappa shape index (κ1) is 21.6. The SMILES string of the molecule is CN1Cc2ccc3oc(Nc4nc5cc(F)ccc5n4C)nc3c2C1.O=C(O)C(F)(F)F. The molecule has 0 saturated heterocycles. The Bertz CT molecular complexity index is 1330. The second kappa shape index (κ2) is 7.79. The Hall–Kier alpha value is -3.67. The first-order chi connectivity index (χ1) is 15.0. The van der Waals surface area contributed by atoms with Crippen LogP contribution in [-0.4, -0.2) is 43.7 Å². The van der Waals surface area contributed by atoms with E-state index in [0.29, 0.717) is 17.5 Å². The number of hydrogen-bond donors (Lipinski definition) is 2. The van der Waals surface area contributed by atoms with Crippen LogP contribution in [0.15, 0.2) is 34.7 Å². The van der Waals surface area contributed by atoms with E-state index < -0.39 is 12.1 Å². The average molecular weight is 451 g/mol. The minimum absolute atomic E-state index is 0.307. The van der Waals surface area contributed by atoms with E-state index >= 15 is 0 Å². The van der Waals surface area contributed by atoms with E-state index in [1.807, 2.05) is 17.7 Å². The van der Waals surface area contributed by atoms with Crippen LogP contribution in [0.1, 0.15) is 11.1 Å². The van der Waals surface area contributed by atoms with Crippen LogP contribution >= 0.6 is 0 Å². The fourth-order valence-electron chi connectivity index (χ4n) is 3.47. The van der Waals surface area contributed by atoms with Crippen molar-refractivity contribution < 1.29 is 31.9 Å².